The third-order valence-corrected chi connectivity index (χ3v) is 6.94. The lowest BCUT2D eigenvalue weighted by Gasteiger charge is -2.15. The van der Waals surface area contributed by atoms with Crippen molar-refractivity contribution in [3.8, 4) is 11.3 Å². The lowest BCUT2D eigenvalue weighted by Crippen LogP contribution is -2.27. The van der Waals surface area contributed by atoms with Gasteiger partial charge in [0.1, 0.15) is 22.8 Å². The molecule has 1 fully saturated rings. The van der Waals surface area contributed by atoms with Gasteiger partial charge in [0.25, 0.3) is 5.91 Å². The van der Waals surface area contributed by atoms with Gasteiger partial charge < -0.3 is 9.84 Å². The monoisotopic (exact) mass is 429 g/mol. The number of aryl methyl sites for hydroxylation is 1. The van der Waals surface area contributed by atoms with Gasteiger partial charge in [-0.3, -0.25) is 4.79 Å². The first kappa shape index (κ1) is 20.2. The van der Waals surface area contributed by atoms with Gasteiger partial charge in [0.15, 0.2) is 0 Å². The average molecular weight is 429 g/mol. The summed E-state index contributed by atoms with van der Waals surface area (Å²) in [4.78, 5) is 13.0. The number of hydrogen-bond acceptors (Lipinski definition) is 5. The Morgan fingerprint density at radius 2 is 1.70 bits per heavy atom. The Morgan fingerprint density at radius 1 is 1.07 bits per heavy atom. The lowest BCUT2D eigenvalue weighted by molar-refractivity contribution is 0.102. The summed E-state index contributed by atoms with van der Waals surface area (Å²) in [6.07, 6.45) is 1.73. The lowest BCUT2D eigenvalue weighted by atomic mass is 10.1. The Morgan fingerprint density at radius 3 is 2.33 bits per heavy atom. The van der Waals surface area contributed by atoms with Gasteiger partial charge in [-0.05, 0) is 68.3 Å². The molecule has 0 atom stereocenters. The largest absolute Gasteiger partial charge is 0.360 e. The van der Waals surface area contributed by atoms with E-state index in [4.69, 9.17) is 4.52 Å². The Balaban J connectivity index is 1.55. The minimum Gasteiger partial charge on any atom is -0.360 e. The number of nitrogens with zero attached hydrogens (tertiary/aromatic N) is 2. The minimum atomic E-state index is -3.52. The van der Waals surface area contributed by atoms with E-state index >= 15 is 0 Å². The Labute approximate surface area is 173 Å². The Kier molecular flexibility index (Phi) is 5.40. The van der Waals surface area contributed by atoms with E-state index in [0.717, 1.165) is 12.8 Å². The van der Waals surface area contributed by atoms with E-state index in [0.29, 0.717) is 35.8 Å². The van der Waals surface area contributed by atoms with E-state index < -0.39 is 21.7 Å². The van der Waals surface area contributed by atoms with Gasteiger partial charge in [0, 0.05) is 24.3 Å². The number of rotatable bonds is 5. The van der Waals surface area contributed by atoms with Crippen LogP contribution in [0.3, 0.4) is 0 Å². The molecule has 1 saturated heterocycles. The highest BCUT2D eigenvalue weighted by Crippen LogP contribution is 2.27. The average Bonchev–Trinajstić information content (AvgIpc) is 3.39. The van der Waals surface area contributed by atoms with Crippen LogP contribution in [0.25, 0.3) is 11.3 Å². The maximum absolute atomic E-state index is 13.2. The number of nitrogens with one attached hydrogen (secondary N) is 1. The molecule has 0 radical (unpaired) electrons. The second kappa shape index (κ2) is 8.00. The molecule has 1 aliphatic heterocycles. The van der Waals surface area contributed by atoms with Gasteiger partial charge in [0.2, 0.25) is 10.0 Å². The molecule has 1 aromatic heterocycles. The van der Waals surface area contributed by atoms with Crippen molar-refractivity contribution < 1.29 is 22.1 Å². The maximum Gasteiger partial charge on any atom is 0.261 e. The summed E-state index contributed by atoms with van der Waals surface area (Å²) in [5.41, 5.74) is 1.52. The summed E-state index contributed by atoms with van der Waals surface area (Å²) in [6, 6.07) is 11.6. The zero-order valence-electron chi connectivity index (χ0n) is 16.3. The van der Waals surface area contributed by atoms with Crippen molar-refractivity contribution in [2.24, 2.45) is 0 Å². The smallest absolute Gasteiger partial charge is 0.261 e. The van der Waals surface area contributed by atoms with Crippen molar-refractivity contribution in [2.45, 2.75) is 24.7 Å². The fourth-order valence-electron chi connectivity index (χ4n) is 3.43. The van der Waals surface area contributed by atoms with Crippen molar-refractivity contribution in [3.63, 3.8) is 0 Å². The molecular formula is C21H20FN3O4S. The number of amides is 1. The molecule has 0 bridgehead atoms. The summed E-state index contributed by atoms with van der Waals surface area (Å²) in [5, 5.41) is 6.66. The molecule has 156 valence electrons. The Bertz CT molecular complexity index is 1170. The van der Waals surface area contributed by atoms with Crippen molar-refractivity contribution in [2.75, 3.05) is 18.4 Å². The highest BCUT2D eigenvalue weighted by molar-refractivity contribution is 7.89. The molecule has 3 aromatic rings. The zero-order chi connectivity index (χ0) is 21.3. The van der Waals surface area contributed by atoms with Gasteiger partial charge in [-0.15, -0.1) is 0 Å². The van der Waals surface area contributed by atoms with E-state index in [-0.39, 0.29) is 10.5 Å². The van der Waals surface area contributed by atoms with Crippen LogP contribution in [-0.2, 0) is 10.0 Å². The topological polar surface area (TPSA) is 92.5 Å². The first-order valence-electron chi connectivity index (χ1n) is 9.50. The number of halogens is 1. The summed E-state index contributed by atoms with van der Waals surface area (Å²) < 4.78 is 45.1. The fourth-order valence-corrected chi connectivity index (χ4v) is 4.94. The zero-order valence-corrected chi connectivity index (χ0v) is 17.1. The molecule has 0 unspecified atom stereocenters. The predicted octanol–water partition coefficient (Wildman–Crippen LogP) is 3.83. The van der Waals surface area contributed by atoms with Crippen LogP contribution in [0.1, 0.15) is 29.0 Å². The predicted molar refractivity (Wildman–Crippen MR) is 109 cm³/mol. The van der Waals surface area contributed by atoms with Crippen LogP contribution in [0.5, 0.6) is 0 Å². The van der Waals surface area contributed by atoms with Crippen LogP contribution in [0, 0.1) is 12.7 Å². The molecule has 0 saturated carbocycles. The van der Waals surface area contributed by atoms with Crippen LogP contribution in [0.4, 0.5) is 10.1 Å². The molecule has 2 aromatic carbocycles. The van der Waals surface area contributed by atoms with E-state index in [9.17, 15) is 17.6 Å². The molecule has 30 heavy (non-hydrogen) atoms. The van der Waals surface area contributed by atoms with Crippen molar-refractivity contribution in [3.05, 3.63) is 65.7 Å². The van der Waals surface area contributed by atoms with E-state index in [1.165, 1.54) is 40.7 Å². The molecule has 4 rings (SSSR count). The molecule has 2 heterocycles. The second-order valence-corrected chi connectivity index (χ2v) is 9.00. The third kappa shape index (κ3) is 3.86. The number of anilines is 1. The second-order valence-electron chi connectivity index (χ2n) is 7.06. The number of aromatic nitrogens is 1. The Hall–Kier alpha value is -3.04. The van der Waals surface area contributed by atoms with Gasteiger partial charge in [0.05, 0.1) is 4.90 Å². The number of sulfonamides is 1. The molecule has 9 heteroatoms. The van der Waals surface area contributed by atoms with Gasteiger partial charge in [-0.25, -0.2) is 12.8 Å². The van der Waals surface area contributed by atoms with E-state index in [1.807, 2.05) is 0 Å². The molecule has 0 spiro atoms. The van der Waals surface area contributed by atoms with Crippen LogP contribution in [0.15, 0.2) is 57.9 Å². The maximum atomic E-state index is 13.2. The summed E-state index contributed by atoms with van der Waals surface area (Å²) in [6.45, 7) is 2.67. The minimum absolute atomic E-state index is 0.190. The number of benzene rings is 2. The van der Waals surface area contributed by atoms with E-state index in [2.05, 4.69) is 10.5 Å². The molecule has 0 aliphatic carbocycles. The SMILES string of the molecule is Cc1onc(-c2ccc(F)cc2)c1C(=O)Nc1ccc(S(=O)(=O)N2CCCC2)cc1. The number of carbonyl (C=O) groups excluding carboxylic acids is 1. The van der Waals surface area contributed by atoms with Gasteiger partial charge in [-0.2, -0.15) is 4.31 Å². The summed E-state index contributed by atoms with van der Waals surface area (Å²) in [7, 11) is -3.52. The molecule has 1 N–H and O–H groups in total. The third-order valence-electron chi connectivity index (χ3n) is 5.02. The van der Waals surface area contributed by atoms with Crippen LogP contribution in [0.2, 0.25) is 0 Å². The first-order valence-corrected chi connectivity index (χ1v) is 10.9. The van der Waals surface area contributed by atoms with Crippen LogP contribution >= 0.6 is 0 Å². The van der Waals surface area contributed by atoms with Gasteiger partial charge in [-0.1, -0.05) is 5.16 Å². The molecule has 1 amide bonds. The normalized spacial score (nSPS) is 14.7. The summed E-state index contributed by atoms with van der Waals surface area (Å²) >= 11 is 0. The highest BCUT2D eigenvalue weighted by Gasteiger charge is 2.27. The number of carbonyl (C=O) groups is 1. The standard InChI is InChI=1S/C21H20FN3O4S/c1-14-19(20(24-29-14)15-4-6-16(22)7-5-15)21(26)23-17-8-10-18(11-9-17)30(27,28)25-12-2-3-13-25/h4-11H,2-3,12-13H2,1H3,(H,23,26). The highest BCUT2D eigenvalue weighted by atomic mass is 32.2. The quantitative estimate of drug-likeness (QED) is 0.666. The molecular weight excluding hydrogens is 409 g/mol. The van der Waals surface area contributed by atoms with Crippen molar-refractivity contribution in [1.82, 2.24) is 9.46 Å². The van der Waals surface area contributed by atoms with E-state index in [1.54, 1.807) is 19.1 Å². The summed E-state index contributed by atoms with van der Waals surface area (Å²) in [5.74, 6) is -0.530. The molecule has 1 aliphatic rings. The van der Waals surface area contributed by atoms with Gasteiger partial charge >= 0.3 is 0 Å². The van der Waals surface area contributed by atoms with Crippen LogP contribution < -0.4 is 5.32 Å². The van der Waals surface area contributed by atoms with Crippen LogP contribution in [-0.4, -0.2) is 36.9 Å². The number of hydrogen-bond donors (Lipinski definition) is 1. The fraction of sp³-hybridized carbons (Fsp3) is 0.238. The van der Waals surface area contributed by atoms with Crippen molar-refractivity contribution >= 4 is 21.6 Å². The molecule has 7 nitrogen and oxygen atoms in total. The van der Waals surface area contributed by atoms with Crippen molar-refractivity contribution in [1.29, 1.82) is 0 Å². The first-order chi connectivity index (χ1) is 14.4.